The molecule has 0 radical (unpaired) electrons. The van der Waals surface area contributed by atoms with Crippen molar-refractivity contribution in [3.63, 3.8) is 0 Å². The van der Waals surface area contributed by atoms with Crippen molar-refractivity contribution in [3.05, 3.63) is 60.0 Å². The van der Waals surface area contributed by atoms with Gasteiger partial charge in [0.15, 0.2) is 6.29 Å². The summed E-state index contributed by atoms with van der Waals surface area (Å²) in [5.74, 6) is 1.15. The first-order valence-corrected chi connectivity index (χ1v) is 6.49. The minimum Gasteiger partial charge on any atom is -0.497 e. The highest BCUT2D eigenvalue weighted by Crippen LogP contribution is 2.23. The van der Waals surface area contributed by atoms with E-state index in [1.165, 1.54) is 0 Å². The number of hydrogen-bond acceptors (Lipinski definition) is 4. The zero-order valence-corrected chi connectivity index (χ0v) is 11.5. The number of methoxy groups -OCH3 is 1. The molecule has 2 aromatic heterocycles. The van der Waals surface area contributed by atoms with Gasteiger partial charge in [-0.25, -0.2) is 4.98 Å². The number of ether oxygens (including phenoxy) is 2. The van der Waals surface area contributed by atoms with E-state index in [1.807, 2.05) is 28.8 Å². The van der Waals surface area contributed by atoms with Crippen LogP contribution < -0.4 is 9.47 Å². The molecule has 0 N–H and O–H groups in total. The van der Waals surface area contributed by atoms with Crippen LogP contribution >= 0.6 is 0 Å². The van der Waals surface area contributed by atoms with Gasteiger partial charge in [-0.3, -0.25) is 4.79 Å². The van der Waals surface area contributed by atoms with Gasteiger partial charge in [-0.1, -0.05) is 6.07 Å². The van der Waals surface area contributed by atoms with Crippen molar-refractivity contribution < 1.29 is 14.3 Å². The molecule has 0 saturated heterocycles. The first-order valence-electron chi connectivity index (χ1n) is 6.49. The van der Waals surface area contributed by atoms with Crippen LogP contribution in [-0.4, -0.2) is 22.8 Å². The Bertz CT molecular complexity index is 780. The third kappa shape index (κ3) is 2.58. The Balaban J connectivity index is 1.83. The first kappa shape index (κ1) is 13.2. The predicted molar refractivity (Wildman–Crippen MR) is 77.9 cm³/mol. The average molecular weight is 282 g/mol. The summed E-state index contributed by atoms with van der Waals surface area (Å²) in [6.45, 7) is 0.332. The Hall–Kier alpha value is -2.82. The van der Waals surface area contributed by atoms with Gasteiger partial charge in [-0.2, -0.15) is 0 Å². The van der Waals surface area contributed by atoms with Gasteiger partial charge in [0.05, 0.1) is 24.6 Å². The highest BCUT2D eigenvalue weighted by atomic mass is 16.5. The molecule has 0 aliphatic heterocycles. The molecule has 0 aliphatic carbocycles. The molecule has 0 saturated carbocycles. The maximum atomic E-state index is 11.1. The lowest BCUT2D eigenvalue weighted by Crippen LogP contribution is -2.01. The van der Waals surface area contributed by atoms with Gasteiger partial charge in [0.1, 0.15) is 23.8 Å². The summed E-state index contributed by atoms with van der Waals surface area (Å²) in [5, 5.41) is 0. The van der Waals surface area contributed by atoms with E-state index in [1.54, 1.807) is 31.5 Å². The fraction of sp³-hybridized carbons (Fsp3) is 0.125. The standard InChI is InChI=1S/C16H14N2O3/c1-20-14-5-6-15(12(8-14)10-19)21-11-13-9-17-16-4-2-3-7-18(13)16/h2-10H,11H2,1H3. The topological polar surface area (TPSA) is 52.8 Å². The number of aromatic nitrogens is 2. The van der Waals surface area contributed by atoms with E-state index >= 15 is 0 Å². The first-order chi connectivity index (χ1) is 10.3. The smallest absolute Gasteiger partial charge is 0.153 e. The summed E-state index contributed by atoms with van der Waals surface area (Å²) in [6, 6.07) is 10.9. The van der Waals surface area contributed by atoms with E-state index in [0.717, 1.165) is 17.6 Å². The highest BCUT2D eigenvalue weighted by Gasteiger charge is 2.07. The van der Waals surface area contributed by atoms with Crippen LogP contribution in [0, 0.1) is 0 Å². The van der Waals surface area contributed by atoms with Gasteiger partial charge in [0, 0.05) is 6.20 Å². The van der Waals surface area contributed by atoms with E-state index in [4.69, 9.17) is 9.47 Å². The number of imidazole rings is 1. The summed E-state index contributed by atoms with van der Waals surface area (Å²) in [5.41, 5.74) is 2.24. The highest BCUT2D eigenvalue weighted by molar-refractivity contribution is 5.80. The van der Waals surface area contributed by atoms with Crippen LogP contribution in [0.25, 0.3) is 5.65 Å². The molecule has 0 atom stereocenters. The molecule has 0 aliphatic rings. The second-order valence-electron chi connectivity index (χ2n) is 4.49. The summed E-state index contributed by atoms with van der Waals surface area (Å²) >= 11 is 0. The number of fused-ring (bicyclic) bond motifs is 1. The number of rotatable bonds is 5. The zero-order valence-electron chi connectivity index (χ0n) is 11.5. The van der Waals surface area contributed by atoms with Gasteiger partial charge in [0.2, 0.25) is 0 Å². The average Bonchev–Trinajstić information content (AvgIpc) is 2.96. The Morgan fingerprint density at radius 3 is 3.00 bits per heavy atom. The van der Waals surface area contributed by atoms with Crippen LogP contribution in [0.5, 0.6) is 11.5 Å². The quantitative estimate of drug-likeness (QED) is 0.675. The van der Waals surface area contributed by atoms with Crippen LogP contribution in [0.15, 0.2) is 48.8 Å². The molecule has 1 aromatic carbocycles. The summed E-state index contributed by atoms with van der Waals surface area (Å²) in [4.78, 5) is 15.4. The number of nitrogens with zero attached hydrogens (tertiary/aromatic N) is 2. The minimum absolute atomic E-state index is 0.332. The lowest BCUT2D eigenvalue weighted by Gasteiger charge is -2.09. The van der Waals surface area contributed by atoms with Crippen LogP contribution in [-0.2, 0) is 6.61 Å². The molecule has 21 heavy (non-hydrogen) atoms. The van der Waals surface area contributed by atoms with E-state index < -0.39 is 0 Å². The van der Waals surface area contributed by atoms with Crippen LogP contribution in [0.1, 0.15) is 16.1 Å². The van der Waals surface area contributed by atoms with Crippen molar-refractivity contribution in [1.29, 1.82) is 0 Å². The molecule has 0 bridgehead atoms. The number of carbonyl (C=O) groups is 1. The normalized spacial score (nSPS) is 10.5. The van der Waals surface area contributed by atoms with Crippen molar-refractivity contribution in [2.45, 2.75) is 6.61 Å². The largest absolute Gasteiger partial charge is 0.497 e. The SMILES string of the molecule is COc1ccc(OCc2cnc3ccccn23)c(C=O)c1. The van der Waals surface area contributed by atoms with E-state index in [0.29, 0.717) is 23.7 Å². The van der Waals surface area contributed by atoms with E-state index in [2.05, 4.69) is 4.98 Å². The van der Waals surface area contributed by atoms with E-state index in [9.17, 15) is 4.79 Å². The lowest BCUT2D eigenvalue weighted by atomic mass is 10.2. The molecule has 0 fully saturated rings. The second-order valence-corrected chi connectivity index (χ2v) is 4.49. The predicted octanol–water partition coefficient (Wildman–Crippen LogP) is 2.73. The fourth-order valence-corrected chi connectivity index (χ4v) is 2.12. The van der Waals surface area contributed by atoms with Gasteiger partial charge in [0.25, 0.3) is 0 Å². The molecule has 0 amide bonds. The van der Waals surface area contributed by atoms with Crippen LogP contribution in [0.4, 0.5) is 0 Å². The van der Waals surface area contributed by atoms with E-state index in [-0.39, 0.29) is 0 Å². The molecule has 0 unspecified atom stereocenters. The van der Waals surface area contributed by atoms with Crippen molar-refractivity contribution >= 4 is 11.9 Å². The Labute approximate surface area is 121 Å². The van der Waals surface area contributed by atoms with Gasteiger partial charge in [-0.05, 0) is 30.3 Å². The summed E-state index contributed by atoms with van der Waals surface area (Å²) in [7, 11) is 1.56. The molecule has 2 heterocycles. The molecular formula is C16H14N2O3. The number of pyridine rings is 1. The molecule has 5 nitrogen and oxygen atoms in total. The van der Waals surface area contributed by atoms with Crippen molar-refractivity contribution in [2.75, 3.05) is 7.11 Å². The zero-order chi connectivity index (χ0) is 14.7. The molecule has 3 rings (SSSR count). The summed E-state index contributed by atoms with van der Waals surface area (Å²) < 4.78 is 12.8. The maximum absolute atomic E-state index is 11.1. The summed E-state index contributed by atoms with van der Waals surface area (Å²) in [6.07, 6.45) is 4.45. The number of carbonyl (C=O) groups excluding carboxylic acids is 1. The van der Waals surface area contributed by atoms with Crippen molar-refractivity contribution in [3.8, 4) is 11.5 Å². The Kier molecular flexibility index (Phi) is 3.55. The molecule has 106 valence electrons. The Morgan fingerprint density at radius 2 is 2.19 bits per heavy atom. The van der Waals surface area contributed by atoms with Crippen molar-refractivity contribution in [2.24, 2.45) is 0 Å². The molecular weight excluding hydrogens is 268 g/mol. The van der Waals surface area contributed by atoms with Gasteiger partial charge < -0.3 is 13.9 Å². The number of hydrogen-bond donors (Lipinski definition) is 0. The second kappa shape index (κ2) is 5.66. The Morgan fingerprint density at radius 1 is 1.29 bits per heavy atom. The fourth-order valence-electron chi connectivity index (χ4n) is 2.12. The van der Waals surface area contributed by atoms with Gasteiger partial charge >= 0.3 is 0 Å². The third-order valence-corrected chi connectivity index (χ3v) is 3.21. The van der Waals surface area contributed by atoms with Crippen LogP contribution in [0.2, 0.25) is 0 Å². The number of benzene rings is 1. The number of aldehydes is 1. The van der Waals surface area contributed by atoms with Gasteiger partial charge in [-0.15, -0.1) is 0 Å². The lowest BCUT2D eigenvalue weighted by molar-refractivity contribution is 0.111. The third-order valence-electron chi connectivity index (χ3n) is 3.21. The minimum atomic E-state index is 0.332. The molecule has 3 aromatic rings. The maximum Gasteiger partial charge on any atom is 0.153 e. The molecule has 5 heteroatoms. The van der Waals surface area contributed by atoms with Crippen LogP contribution in [0.3, 0.4) is 0 Å². The molecule has 0 spiro atoms. The monoisotopic (exact) mass is 282 g/mol. The van der Waals surface area contributed by atoms with Crippen molar-refractivity contribution in [1.82, 2.24) is 9.38 Å².